The number of anilines is 1. The molecule has 0 aliphatic rings. The minimum atomic E-state index is -1.39. The van der Waals surface area contributed by atoms with Crippen LogP contribution in [0.15, 0.2) is 42.5 Å². The number of carboxylic acid groups (broad SMARTS) is 1. The van der Waals surface area contributed by atoms with Crippen molar-refractivity contribution >= 4 is 29.4 Å². The van der Waals surface area contributed by atoms with Crippen LogP contribution >= 0.6 is 11.6 Å². The highest BCUT2D eigenvalue weighted by Gasteiger charge is 2.19. The molecule has 0 fully saturated rings. The van der Waals surface area contributed by atoms with E-state index in [-0.39, 0.29) is 11.6 Å². The van der Waals surface area contributed by atoms with Crippen LogP contribution in [0.25, 0.3) is 0 Å². The summed E-state index contributed by atoms with van der Waals surface area (Å²) in [6.07, 6.45) is -0.979. The Kier molecular flexibility index (Phi) is 4.95. The quantitative estimate of drug-likeness (QED) is 0.894. The smallest absolute Gasteiger partial charge is 0.412 e. The molecular formula is C15H11ClFNO4. The zero-order chi connectivity index (χ0) is 16.1. The third-order valence-corrected chi connectivity index (χ3v) is 3.06. The lowest BCUT2D eigenvalue weighted by molar-refractivity contribution is 0.0697. The van der Waals surface area contributed by atoms with Crippen molar-refractivity contribution < 1.29 is 23.8 Å². The number of rotatable bonds is 4. The summed E-state index contributed by atoms with van der Waals surface area (Å²) in [7, 11) is 0. The zero-order valence-electron chi connectivity index (χ0n) is 11.2. The van der Waals surface area contributed by atoms with Crippen molar-refractivity contribution in [3.63, 3.8) is 0 Å². The van der Waals surface area contributed by atoms with Crippen LogP contribution in [0.4, 0.5) is 14.9 Å². The van der Waals surface area contributed by atoms with Crippen molar-refractivity contribution in [2.24, 2.45) is 0 Å². The molecule has 22 heavy (non-hydrogen) atoms. The second-order valence-electron chi connectivity index (χ2n) is 4.28. The molecule has 0 saturated heterocycles. The van der Waals surface area contributed by atoms with Gasteiger partial charge in [-0.3, -0.25) is 5.32 Å². The summed E-state index contributed by atoms with van der Waals surface area (Å²) < 4.78 is 18.8. The highest BCUT2D eigenvalue weighted by Crippen LogP contribution is 2.27. The molecule has 0 atom stereocenters. The first-order valence-electron chi connectivity index (χ1n) is 6.18. The SMILES string of the molecule is O=C(Nc1c(C(=O)O)ccc(Cl)c1F)OCc1ccccc1. The van der Waals surface area contributed by atoms with Gasteiger partial charge >= 0.3 is 12.1 Å². The van der Waals surface area contributed by atoms with Gasteiger partial charge in [0, 0.05) is 0 Å². The summed E-state index contributed by atoms with van der Waals surface area (Å²) >= 11 is 5.59. The molecule has 5 nitrogen and oxygen atoms in total. The van der Waals surface area contributed by atoms with Crippen LogP contribution in [-0.2, 0) is 11.3 Å². The van der Waals surface area contributed by atoms with Crippen LogP contribution in [0, 0.1) is 5.82 Å². The molecule has 2 rings (SSSR count). The average molecular weight is 324 g/mol. The van der Waals surface area contributed by atoms with Crippen LogP contribution in [0.2, 0.25) is 5.02 Å². The monoisotopic (exact) mass is 323 g/mol. The van der Waals surface area contributed by atoms with E-state index in [0.29, 0.717) is 0 Å². The molecule has 114 valence electrons. The molecule has 2 aromatic rings. The third-order valence-electron chi connectivity index (χ3n) is 2.77. The Morgan fingerprint density at radius 1 is 1.18 bits per heavy atom. The van der Waals surface area contributed by atoms with Crippen molar-refractivity contribution in [1.82, 2.24) is 0 Å². The highest BCUT2D eigenvalue weighted by molar-refractivity contribution is 6.31. The fourth-order valence-electron chi connectivity index (χ4n) is 1.71. The van der Waals surface area contributed by atoms with Gasteiger partial charge in [0.1, 0.15) is 6.61 Å². The van der Waals surface area contributed by atoms with E-state index in [4.69, 9.17) is 21.4 Å². The first-order valence-corrected chi connectivity index (χ1v) is 6.56. The van der Waals surface area contributed by atoms with Crippen molar-refractivity contribution in [1.29, 1.82) is 0 Å². The summed E-state index contributed by atoms with van der Waals surface area (Å²) in [6.45, 7) is -0.0305. The Hall–Kier alpha value is -2.60. The normalized spacial score (nSPS) is 10.1. The number of aromatic carboxylic acids is 1. The Bertz CT molecular complexity index is 706. The number of amides is 1. The van der Waals surface area contributed by atoms with E-state index >= 15 is 0 Å². The van der Waals surface area contributed by atoms with Crippen molar-refractivity contribution in [3.05, 3.63) is 64.4 Å². The van der Waals surface area contributed by atoms with Gasteiger partial charge in [0.05, 0.1) is 16.3 Å². The summed E-state index contributed by atoms with van der Waals surface area (Å²) in [5.41, 5.74) is -0.209. The molecular weight excluding hydrogens is 313 g/mol. The molecule has 0 unspecified atom stereocenters. The van der Waals surface area contributed by atoms with Crippen LogP contribution in [0.5, 0.6) is 0 Å². The van der Waals surface area contributed by atoms with Gasteiger partial charge in [0.15, 0.2) is 5.82 Å². The van der Waals surface area contributed by atoms with E-state index in [1.165, 1.54) is 0 Å². The number of nitrogens with one attached hydrogen (secondary N) is 1. The number of benzene rings is 2. The largest absolute Gasteiger partial charge is 0.478 e. The van der Waals surface area contributed by atoms with Gasteiger partial charge in [-0.25, -0.2) is 14.0 Å². The fourth-order valence-corrected chi connectivity index (χ4v) is 1.87. The molecule has 0 aliphatic carbocycles. The van der Waals surface area contributed by atoms with E-state index in [0.717, 1.165) is 17.7 Å². The molecule has 1 amide bonds. The van der Waals surface area contributed by atoms with Crippen LogP contribution in [0.1, 0.15) is 15.9 Å². The first kappa shape index (κ1) is 15.8. The summed E-state index contributed by atoms with van der Waals surface area (Å²) in [5.74, 6) is -2.42. The maximum Gasteiger partial charge on any atom is 0.412 e. The Morgan fingerprint density at radius 3 is 2.50 bits per heavy atom. The molecule has 0 spiro atoms. The first-order chi connectivity index (χ1) is 10.5. The molecule has 0 radical (unpaired) electrons. The zero-order valence-corrected chi connectivity index (χ0v) is 11.9. The second kappa shape index (κ2) is 6.91. The Labute approximate surface area is 130 Å². The molecule has 0 saturated carbocycles. The fraction of sp³-hybridized carbons (Fsp3) is 0.0667. The van der Waals surface area contributed by atoms with Gasteiger partial charge in [-0.05, 0) is 17.7 Å². The molecule has 2 aromatic carbocycles. The lowest BCUT2D eigenvalue weighted by Crippen LogP contribution is -2.17. The second-order valence-corrected chi connectivity index (χ2v) is 4.68. The van der Waals surface area contributed by atoms with Crippen molar-refractivity contribution in [3.8, 4) is 0 Å². The van der Waals surface area contributed by atoms with Crippen LogP contribution < -0.4 is 5.32 Å². The molecule has 0 aliphatic heterocycles. The minimum absolute atomic E-state index is 0.0305. The van der Waals surface area contributed by atoms with Gasteiger partial charge < -0.3 is 9.84 Å². The van der Waals surface area contributed by atoms with Gasteiger partial charge in [-0.2, -0.15) is 0 Å². The molecule has 0 bridgehead atoms. The summed E-state index contributed by atoms with van der Waals surface area (Å²) in [5, 5.41) is 10.8. The van der Waals surface area contributed by atoms with Gasteiger partial charge in [0.25, 0.3) is 0 Å². The third kappa shape index (κ3) is 3.73. The van der Waals surface area contributed by atoms with Crippen molar-refractivity contribution in [2.75, 3.05) is 5.32 Å². The van der Waals surface area contributed by atoms with E-state index in [9.17, 15) is 14.0 Å². The van der Waals surface area contributed by atoms with Gasteiger partial charge in [-0.1, -0.05) is 41.9 Å². The topological polar surface area (TPSA) is 75.6 Å². The van der Waals surface area contributed by atoms with Gasteiger partial charge in [-0.15, -0.1) is 0 Å². The van der Waals surface area contributed by atoms with E-state index < -0.39 is 29.1 Å². The number of hydrogen-bond donors (Lipinski definition) is 2. The number of carbonyl (C=O) groups is 2. The maximum absolute atomic E-state index is 13.9. The van der Waals surface area contributed by atoms with Crippen LogP contribution in [-0.4, -0.2) is 17.2 Å². The van der Waals surface area contributed by atoms with E-state index in [1.54, 1.807) is 24.3 Å². The summed E-state index contributed by atoms with van der Waals surface area (Å²) in [4.78, 5) is 22.7. The lowest BCUT2D eigenvalue weighted by Gasteiger charge is -2.11. The van der Waals surface area contributed by atoms with Crippen LogP contribution in [0.3, 0.4) is 0 Å². The van der Waals surface area contributed by atoms with Crippen molar-refractivity contribution in [2.45, 2.75) is 6.61 Å². The standard InChI is InChI=1S/C15H11ClFNO4/c16-11-7-6-10(14(19)20)13(12(11)17)18-15(21)22-8-9-4-2-1-3-5-9/h1-7H,8H2,(H,18,21)(H,19,20). The molecule has 7 heteroatoms. The Morgan fingerprint density at radius 2 is 1.86 bits per heavy atom. The number of halogens is 2. The van der Waals surface area contributed by atoms with E-state index in [2.05, 4.69) is 5.32 Å². The predicted octanol–water partition coefficient (Wildman–Crippen LogP) is 3.93. The molecule has 0 aromatic heterocycles. The van der Waals surface area contributed by atoms with Gasteiger partial charge in [0.2, 0.25) is 0 Å². The summed E-state index contributed by atoms with van der Waals surface area (Å²) in [6, 6.07) is 11.0. The molecule has 2 N–H and O–H groups in total. The van der Waals surface area contributed by atoms with E-state index in [1.807, 2.05) is 6.07 Å². The highest BCUT2D eigenvalue weighted by atomic mass is 35.5. The maximum atomic E-state index is 13.9. The molecule has 0 heterocycles. The predicted molar refractivity (Wildman–Crippen MR) is 78.6 cm³/mol. The average Bonchev–Trinajstić information content (AvgIpc) is 2.50. The minimum Gasteiger partial charge on any atom is -0.478 e. The number of hydrogen-bond acceptors (Lipinski definition) is 3. The number of carbonyl (C=O) groups excluding carboxylic acids is 1. The number of carboxylic acids is 1. The number of ether oxygens (including phenoxy) is 1. The lowest BCUT2D eigenvalue weighted by atomic mass is 10.1. The Balaban J connectivity index is 2.11.